The van der Waals surface area contributed by atoms with E-state index in [0.29, 0.717) is 23.1 Å². The fraction of sp³-hybridized carbons (Fsp3) is 0.350. The molecule has 1 amide bonds. The van der Waals surface area contributed by atoms with Gasteiger partial charge in [0, 0.05) is 11.4 Å². The van der Waals surface area contributed by atoms with Crippen LogP contribution < -0.4 is 0 Å². The van der Waals surface area contributed by atoms with E-state index in [4.69, 9.17) is 20.8 Å². The second-order valence-corrected chi connectivity index (χ2v) is 7.39. The van der Waals surface area contributed by atoms with Crippen LogP contribution in [0.2, 0.25) is 5.02 Å². The summed E-state index contributed by atoms with van der Waals surface area (Å²) in [7, 11) is 0. The van der Waals surface area contributed by atoms with Crippen molar-refractivity contribution in [3.05, 3.63) is 59.0 Å². The SMILES string of the molecule is C[C@@H]1C[C@@H]1C(=O)OCC(=O)N1N=C(c2ccc(Cl)cc2)C[C@H]1c1ccco1. The molecule has 27 heavy (non-hydrogen) atoms. The van der Waals surface area contributed by atoms with Crippen molar-refractivity contribution >= 4 is 29.2 Å². The maximum absolute atomic E-state index is 12.7. The van der Waals surface area contributed by atoms with Crippen LogP contribution in [0.15, 0.2) is 52.2 Å². The summed E-state index contributed by atoms with van der Waals surface area (Å²) >= 11 is 5.95. The second kappa shape index (κ2) is 7.19. The van der Waals surface area contributed by atoms with Crippen molar-refractivity contribution in [2.45, 2.75) is 25.8 Å². The van der Waals surface area contributed by atoms with E-state index in [9.17, 15) is 9.59 Å². The lowest BCUT2D eigenvalue weighted by atomic mass is 10.0. The summed E-state index contributed by atoms with van der Waals surface area (Å²) < 4.78 is 10.7. The van der Waals surface area contributed by atoms with E-state index in [0.717, 1.165) is 17.7 Å². The molecule has 0 radical (unpaired) electrons. The Morgan fingerprint density at radius 2 is 2.04 bits per heavy atom. The molecule has 1 fully saturated rings. The molecule has 1 aliphatic carbocycles. The first kappa shape index (κ1) is 17.8. The van der Waals surface area contributed by atoms with E-state index < -0.39 is 0 Å². The van der Waals surface area contributed by atoms with Gasteiger partial charge in [-0.05, 0) is 42.2 Å². The van der Waals surface area contributed by atoms with Gasteiger partial charge in [-0.1, -0.05) is 30.7 Å². The molecule has 2 aliphatic rings. The van der Waals surface area contributed by atoms with Gasteiger partial charge in [0.25, 0.3) is 5.91 Å². The maximum atomic E-state index is 12.7. The lowest BCUT2D eigenvalue weighted by Crippen LogP contribution is -2.31. The molecule has 140 valence electrons. The van der Waals surface area contributed by atoms with Gasteiger partial charge >= 0.3 is 5.97 Å². The molecule has 0 N–H and O–H groups in total. The third kappa shape index (κ3) is 3.76. The molecule has 6 nitrogen and oxygen atoms in total. The maximum Gasteiger partial charge on any atom is 0.309 e. The highest BCUT2D eigenvalue weighted by molar-refractivity contribution is 6.30. The normalized spacial score (nSPS) is 23.9. The van der Waals surface area contributed by atoms with Gasteiger partial charge in [-0.3, -0.25) is 9.59 Å². The number of hydrazone groups is 1. The van der Waals surface area contributed by atoms with Gasteiger partial charge in [-0.25, -0.2) is 5.01 Å². The van der Waals surface area contributed by atoms with Crippen LogP contribution >= 0.6 is 11.6 Å². The van der Waals surface area contributed by atoms with Crippen molar-refractivity contribution in [3.63, 3.8) is 0 Å². The Labute approximate surface area is 161 Å². The summed E-state index contributed by atoms with van der Waals surface area (Å²) in [6.07, 6.45) is 2.89. The zero-order chi connectivity index (χ0) is 19.0. The second-order valence-electron chi connectivity index (χ2n) is 6.95. The average Bonchev–Trinajstić information content (AvgIpc) is 3.08. The van der Waals surface area contributed by atoms with Crippen molar-refractivity contribution < 1.29 is 18.7 Å². The molecule has 1 saturated carbocycles. The highest BCUT2D eigenvalue weighted by atomic mass is 35.5. The van der Waals surface area contributed by atoms with Crippen LogP contribution in [0, 0.1) is 11.8 Å². The van der Waals surface area contributed by atoms with Crippen molar-refractivity contribution in [3.8, 4) is 0 Å². The topological polar surface area (TPSA) is 72.1 Å². The number of carbonyl (C=O) groups excluding carboxylic acids is 2. The average molecular weight is 387 g/mol. The summed E-state index contributed by atoms with van der Waals surface area (Å²) in [5, 5.41) is 6.47. The van der Waals surface area contributed by atoms with Gasteiger partial charge in [-0.15, -0.1) is 0 Å². The first-order chi connectivity index (χ1) is 13.0. The van der Waals surface area contributed by atoms with Gasteiger partial charge in [0.2, 0.25) is 0 Å². The van der Waals surface area contributed by atoms with Gasteiger partial charge in [0.1, 0.15) is 11.8 Å². The van der Waals surface area contributed by atoms with Gasteiger partial charge in [0.15, 0.2) is 6.61 Å². The van der Waals surface area contributed by atoms with Crippen molar-refractivity contribution in [2.24, 2.45) is 16.9 Å². The van der Waals surface area contributed by atoms with Crippen LogP contribution in [-0.2, 0) is 14.3 Å². The Bertz CT molecular complexity index is 876. The van der Waals surface area contributed by atoms with Crippen LogP contribution in [0.5, 0.6) is 0 Å². The van der Waals surface area contributed by atoms with Crippen LogP contribution in [0.25, 0.3) is 0 Å². The summed E-state index contributed by atoms with van der Waals surface area (Å²) in [6, 6.07) is 10.5. The standard InChI is InChI=1S/C20H19ClN2O4/c1-12-9-15(12)20(25)27-11-19(24)23-17(18-3-2-8-26-18)10-16(22-23)13-4-6-14(21)7-5-13/h2-8,12,15,17H,9-11H2,1H3/t12-,15+,17+/m1/s1. The Balaban J connectivity index is 1.51. The van der Waals surface area contributed by atoms with Crippen molar-refractivity contribution in [2.75, 3.05) is 6.61 Å². The molecule has 1 aromatic heterocycles. The van der Waals surface area contributed by atoms with Crippen LogP contribution in [-0.4, -0.2) is 29.2 Å². The predicted molar refractivity (Wildman–Crippen MR) is 99.1 cm³/mol. The minimum Gasteiger partial charge on any atom is -0.467 e. The largest absolute Gasteiger partial charge is 0.467 e. The van der Waals surface area contributed by atoms with E-state index in [-0.39, 0.29) is 30.4 Å². The number of hydrogen-bond donors (Lipinski definition) is 0. The highest BCUT2D eigenvalue weighted by Crippen LogP contribution is 2.39. The number of ether oxygens (including phenoxy) is 1. The lowest BCUT2D eigenvalue weighted by Gasteiger charge is -2.19. The van der Waals surface area contributed by atoms with Crippen LogP contribution in [0.3, 0.4) is 0 Å². The number of halogens is 1. The smallest absolute Gasteiger partial charge is 0.309 e. The fourth-order valence-corrected chi connectivity index (χ4v) is 3.34. The molecule has 0 spiro atoms. The van der Waals surface area contributed by atoms with E-state index in [2.05, 4.69) is 5.10 Å². The molecular weight excluding hydrogens is 368 g/mol. The molecule has 1 aliphatic heterocycles. The number of nitrogens with zero attached hydrogens (tertiary/aromatic N) is 2. The number of esters is 1. The molecule has 7 heteroatoms. The quantitative estimate of drug-likeness (QED) is 0.732. The number of carbonyl (C=O) groups is 2. The fourth-order valence-electron chi connectivity index (χ4n) is 3.22. The third-order valence-electron chi connectivity index (χ3n) is 4.97. The molecule has 4 rings (SSSR count). The highest BCUT2D eigenvalue weighted by Gasteiger charge is 2.41. The molecule has 0 saturated heterocycles. The summed E-state index contributed by atoms with van der Waals surface area (Å²) in [4.78, 5) is 24.6. The predicted octanol–water partition coefficient (Wildman–Crippen LogP) is 3.81. The van der Waals surface area contributed by atoms with E-state index in [1.54, 1.807) is 24.5 Å². The number of furan rings is 1. The minimum absolute atomic E-state index is 0.0784. The first-order valence-electron chi connectivity index (χ1n) is 8.88. The molecule has 0 bridgehead atoms. The number of hydrogen-bond acceptors (Lipinski definition) is 5. The zero-order valence-corrected chi connectivity index (χ0v) is 15.6. The van der Waals surface area contributed by atoms with Gasteiger partial charge in [-0.2, -0.15) is 5.10 Å². The Morgan fingerprint density at radius 3 is 2.67 bits per heavy atom. The summed E-state index contributed by atoms with van der Waals surface area (Å²) in [5.41, 5.74) is 1.64. The van der Waals surface area contributed by atoms with Crippen molar-refractivity contribution in [1.29, 1.82) is 0 Å². The molecule has 3 atom stereocenters. The van der Waals surface area contributed by atoms with E-state index in [1.165, 1.54) is 5.01 Å². The Hall–Kier alpha value is -2.60. The van der Waals surface area contributed by atoms with Gasteiger partial charge < -0.3 is 9.15 Å². The molecule has 0 unspecified atom stereocenters. The van der Waals surface area contributed by atoms with E-state index in [1.807, 2.05) is 25.1 Å². The van der Waals surface area contributed by atoms with E-state index >= 15 is 0 Å². The number of benzene rings is 1. The minimum atomic E-state index is -0.373. The van der Waals surface area contributed by atoms with Gasteiger partial charge in [0.05, 0.1) is 17.9 Å². The molecule has 1 aromatic carbocycles. The lowest BCUT2D eigenvalue weighted by molar-refractivity contribution is -0.154. The van der Waals surface area contributed by atoms with Crippen molar-refractivity contribution in [1.82, 2.24) is 5.01 Å². The number of rotatable bonds is 5. The monoisotopic (exact) mass is 386 g/mol. The molecule has 2 heterocycles. The molecular formula is C20H19ClN2O4. The third-order valence-corrected chi connectivity index (χ3v) is 5.22. The number of amides is 1. The Morgan fingerprint density at radius 1 is 1.30 bits per heavy atom. The Kier molecular flexibility index (Phi) is 4.74. The van der Waals surface area contributed by atoms with Crippen LogP contribution in [0.1, 0.15) is 37.1 Å². The zero-order valence-electron chi connectivity index (χ0n) is 14.8. The summed E-state index contributed by atoms with van der Waals surface area (Å²) in [5.74, 6) is 0.210. The summed E-state index contributed by atoms with van der Waals surface area (Å²) in [6.45, 7) is 1.67. The van der Waals surface area contributed by atoms with Crippen LogP contribution in [0.4, 0.5) is 0 Å². The molecule has 2 aromatic rings. The first-order valence-corrected chi connectivity index (χ1v) is 9.26.